The zero-order valence-corrected chi connectivity index (χ0v) is 15.5. The molecule has 3 N–H and O–H groups in total. The number of phosphoric ester groups is 2. The Labute approximate surface area is 136 Å². The van der Waals surface area contributed by atoms with Crippen LogP contribution < -0.4 is 0 Å². The van der Waals surface area contributed by atoms with Gasteiger partial charge in [-0.15, -0.1) is 0 Å². The lowest BCUT2D eigenvalue weighted by Crippen LogP contribution is -2.36. The number of hydrogen-bond acceptors (Lipinski definition) is 6. The van der Waals surface area contributed by atoms with Gasteiger partial charge in [0.2, 0.25) is 0 Å². The molecule has 1 aliphatic heterocycles. The summed E-state index contributed by atoms with van der Waals surface area (Å²) in [6, 6.07) is -0.0825. The van der Waals surface area contributed by atoms with Gasteiger partial charge in [0.25, 0.3) is 0 Å². The van der Waals surface area contributed by atoms with Crippen LogP contribution >= 0.6 is 15.6 Å². The van der Waals surface area contributed by atoms with Gasteiger partial charge in [0.15, 0.2) is 0 Å². The smallest absolute Gasteiger partial charge is 0.381 e. The zero-order chi connectivity index (χ0) is 17.9. The van der Waals surface area contributed by atoms with Crippen LogP contribution in [0.1, 0.15) is 33.6 Å². The van der Waals surface area contributed by atoms with E-state index >= 15 is 0 Å². The molecule has 0 radical (unpaired) electrons. The Kier molecular flexibility index (Phi) is 7.48. The highest BCUT2D eigenvalue weighted by atomic mass is 31.2. The number of ether oxygens (including phenoxy) is 1. The first-order valence-corrected chi connectivity index (χ1v) is 10.3. The summed E-state index contributed by atoms with van der Waals surface area (Å²) < 4.78 is 42.4. The monoisotopic (exact) mass is 374 g/mol. The van der Waals surface area contributed by atoms with Crippen LogP contribution in [0.4, 0.5) is 0 Å². The van der Waals surface area contributed by atoms with Crippen LogP contribution in [0.2, 0.25) is 0 Å². The summed E-state index contributed by atoms with van der Waals surface area (Å²) in [5, 5.41) is 0. The molecule has 0 aliphatic carbocycles. The van der Waals surface area contributed by atoms with Gasteiger partial charge in [-0.05, 0) is 18.3 Å². The summed E-state index contributed by atoms with van der Waals surface area (Å²) in [7, 11) is -6.96. The normalized spacial score (nSPS) is 28.7. The van der Waals surface area contributed by atoms with E-state index in [1.807, 2.05) is 28.6 Å². The van der Waals surface area contributed by atoms with Crippen molar-refractivity contribution in [2.75, 3.05) is 13.2 Å². The molecule has 9 nitrogen and oxygen atoms in total. The molecule has 1 fully saturated rings. The Hall–Kier alpha value is 0.245. The molecule has 0 aromatic rings. The molecule has 12 heteroatoms. The van der Waals surface area contributed by atoms with E-state index < -0.39 is 21.7 Å². The Morgan fingerprint density at radius 2 is 1.74 bits per heavy atom. The SMILES string of the molecule is BC1CC(OP(=O)(O)OCCCOP(=O)(O)O)[C@H](C(C)(C)C)O1. The predicted molar refractivity (Wildman–Crippen MR) is 84.5 cm³/mol. The second-order valence-electron chi connectivity index (χ2n) is 6.59. The van der Waals surface area contributed by atoms with Crippen molar-refractivity contribution in [1.29, 1.82) is 0 Å². The fourth-order valence-corrected chi connectivity index (χ4v) is 3.65. The van der Waals surface area contributed by atoms with Gasteiger partial charge in [-0.3, -0.25) is 13.6 Å². The van der Waals surface area contributed by atoms with Gasteiger partial charge in [0, 0.05) is 6.00 Å². The van der Waals surface area contributed by atoms with E-state index in [2.05, 4.69) is 4.52 Å². The molecule has 0 saturated carbocycles. The fourth-order valence-electron chi connectivity index (χ4n) is 2.33. The molecule has 1 heterocycles. The molecule has 4 atom stereocenters. The van der Waals surface area contributed by atoms with E-state index in [-0.39, 0.29) is 37.2 Å². The molecule has 0 amide bonds. The predicted octanol–water partition coefficient (Wildman–Crippen LogP) is 0.782. The van der Waals surface area contributed by atoms with Crippen LogP contribution in [0.25, 0.3) is 0 Å². The van der Waals surface area contributed by atoms with E-state index in [4.69, 9.17) is 23.6 Å². The first-order valence-electron chi connectivity index (χ1n) is 7.31. The summed E-state index contributed by atoms with van der Waals surface area (Å²) >= 11 is 0. The maximum atomic E-state index is 12.0. The van der Waals surface area contributed by atoms with Crippen molar-refractivity contribution in [2.24, 2.45) is 5.41 Å². The summed E-state index contributed by atoms with van der Waals surface area (Å²) in [5.74, 6) is 0. The van der Waals surface area contributed by atoms with Gasteiger partial charge in [-0.2, -0.15) is 0 Å². The Bertz CT molecular complexity index is 475. The third kappa shape index (κ3) is 8.25. The molecule has 1 saturated heterocycles. The molecular weight excluding hydrogens is 349 g/mol. The van der Waals surface area contributed by atoms with E-state index in [0.29, 0.717) is 6.42 Å². The van der Waals surface area contributed by atoms with Crippen LogP contribution in [-0.2, 0) is 27.4 Å². The van der Waals surface area contributed by atoms with Gasteiger partial charge in [-0.25, -0.2) is 9.13 Å². The molecule has 0 aromatic carbocycles. The topological polar surface area (TPSA) is 132 Å². The van der Waals surface area contributed by atoms with E-state index in [1.54, 1.807) is 0 Å². The van der Waals surface area contributed by atoms with E-state index in [1.165, 1.54) is 0 Å². The van der Waals surface area contributed by atoms with Crippen molar-refractivity contribution in [3.05, 3.63) is 0 Å². The minimum Gasteiger partial charge on any atom is -0.381 e. The maximum Gasteiger partial charge on any atom is 0.472 e. The van der Waals surface area contributed by atoms with Gasteiger partial charge < -0.3 is 19.4 Å². The fraction of sp³-hybridized carbons (Fsp3) is 1.00. The van der Waals surface area contributed by atoms with Crippen molar-refractivity contribution in [1.82, 2.24) is 0 Å². The second-order valence-corrected chi connectivity index (χ2v) is 9.24. The average molecular weight is 374 g/mol. The van der Waals surface area contributed by atoms with Crippen LogP contribution in [0.15, 0.2) is 0 Å². The number of hydrogen-bond donors (Lipinski definition) is 3. The van der Waals surface area contributed by atoms with Gasteiger partial charge in [-0.1, -0.05) is 20.8 Å². The van der Waals surface area contributed by atoms with Gasteiger partial charge in [0.1, 0.15) is 7.85 Å². The third-order valence-corrected chi connectivity index (χ3v) is 4.77. The molecule has 1 rings (SSSR count). The lowest BCUT2D eigenvalue weighted by Gasteiger charge is -2.31. The Morgan fingerprint density at radius 3 is 2.26 bits per heavy atom. The molecule has 0 bridgehead atoms. The lowest BCUT2D eigenvalue weighted by molar-refractivity contribution is -0.0366. The van der Waals surface area contributed by atoms with Crippen LogP contribution in [0, 0.1) is 5.41 Å². The lowest BCUT2D eigenvalue weighted by atomic mass is 9.85. The first-order chi connectivity index (χ1) is 10.3. The molecule has 0 spiro atoms. The van der Waals surface area contributed by atoms with Crippen LogP contribution in [-0.4, -0.2) is 54.0 Å². The summed E-state index contributed by atoms with van der Waals surface area (Å²) in [4.78, 5) is 26.8. The molecule has 3 unspecified atom stereocenters. The molecular formula is C11H25BO9P2. The summed E-state index contributed by atoms with van der Waals surface area (Å²) in [5.41, 5.74) is -0.257. The zero-order valence-electron chi connectivity index (χ0n) is 13.7. The van der Waals surface area contributed by atoms with Crippen LogP contribution in [0.5, 0.6) is 0 Å². The molecule has 1 aliphatic rings. The highest BCUT2D eigenvalue weighted by Gasteiger charge is 2.44. The van der Waals surface area contributed by atoms with Crippen LogP contribution in [0.3, 0.4) is 0 Å². The minimum atomic E-state index is -4.54. The molecule has 136 valence electrons. The average Bonchev–Trinajstić information content (AvgIpc) is 2.67. The van der Waals surface area contributed by atoms with Crippen molar-refractivity contribution in [3.63, 3.8) is 0 Å². The molecule has 23 heavy (non-hydrogen) atoms. The van der Waals surface area contributed by atoms with E-state index in [0.717, 1.165) is 0 Å². The highest BCUT2D eigenvalue weighted by molar-refractivity contribution is 7.47. The number of rotatable bonds is 8. The maximum absolute atomic E-state index is 12.0. The standard InChI is InChI=1S/C11H25BO9P2/c1-11(2,3)10-8(7-9(12)20-10)21-23(16,17)19-6-4-5-18-22(13,14)15/h8-10H,4-7,12H2,1-3H3,(H,16,17)(H2,13,14,15)/t8?,9?,10-/m1/s1. The van der Waals surface area contributed by atoms with Gasteiger partial charge in [0.05, 0.1) is 25.4 Å². The minimum absolute atomic E-state index is 0.0410. The van der Waals surface area contributed by atoms with Crippen molar-refractivity contribution < 1.29 is 42.1 Å². The largest absolute Gasteiger partial charge is 0.472 e. The highest BCUT2D eigenvalue weighted by Crippen LogP contribution is 2.49. The summed E-state index contributed by atoms with van der Waals surface area (Å²) in [6.45, 7) is 5.34. The number of phosphoric acid groups is 2. The van der Waals surface area contributed by atoms with Crippen molar-refractivity contribution in [2.45, 2.75) is 51.8 Å². The first kappa shape index (κ1) is 21.3. The molecule has 0 aromatic heterocycles. The van der Waals surface area contributed by atoms with Crippen molar-refractivity contribution in [3.8, 4) is 0 Å². The van der Waals surface area contributed by atoms with E-state index in [9.17, 15) is 14.0 Å². The van der Waals surface area contributed by atoms with Crippen molar-refractivity contribution >= 4 is 23.5 Å². The summed E-state index contributed by atoms with van der Waals surface area (Å²) in [6.07, 6.45) is -0.372. The third-order valence-electron chi connectivity index (χ3n) is 3.21. The quantitative estimate of drug-likeness (QED) is 0.320. The Balaban J connectivity index is 2.45. The second kappa shape index (κ2) is 8.08. The Morgan fingerprint density at radius 1 is 1.17 bits per heavy atom. The van der Waals surface area contributed by atoms with Gasteiger partial charge >= 0.3 is 15.6 Å².